The normalized spacial score (nSPS) is 20.4. The molecule has 1 saturated heterocycles. The molecule has 0 saturated carbocycles. The first-order chi connectivity index (χ1) is 9.31. The molecule has 0 radical (unpaired) electrons. The average Bonchev–Trinajstić information content (AvgIpc) is 2.46. The molecule has 0 spiro atoms. The molecule has 106 valence electrons. The Morgan fingerprint density at radius 3 is 3.21 bits per heavy atom. The first kappa shape index (κ1) is 14.3. The second-order valence-electron chi connectivity index (χ2n) is 5.16. The van der Waals surface area contributed by atoms with Crippen LogP contribution in [-0.4, -0.2) is 42.7 Å². The van der Waals surface area contributed by atoms with Crippen LogP contribution < -0.4 is 5.32 Å². The fourth-order valence-electron chi connectivity index (χ4n) is 2.53. The van der Waals surface area contributed by atoms with Gasteiger partial charge in [0.1, 0.15) is 0 Å². The molecule has 1 aromatic rings. The van der Waals surface area contributed by atoms with E-state index < -0.39 is 0 Å². The third kappa shape index (κ3) is 4.48. The van der Waals surface area contributed by atoms with Gasteiger partial charge in [-0.1, -0.05) is 6.92 Å². The van der Waals surface area contributed by atoms with E-state index >= 15 is 0 Å². The summed E-state index contributed by atoms with van der Waals surface area (Å²) in [6.07, 6.45) is 5.79. The number of rotatable bonds is 6. The maximum absolute atomic E-state index is 5.87. The van der Waals surface area contributed by atoms with Crippen molar-refractivity contribution in [2.75, 3.05) is 32.1 Å². The Morgan fingerprint density at radius 2 is 2.42 bits per heavy atom. The molecule has 19 heavy (non-hydrogen) atoms. The second kappa shape index (κ2) is 7.46. The molecule has 4 nitrogen and oxygen atoms in total. The monoisotopic (exact) mass is 263 g/mol. The van der Waals surface area contributed by atoms with Crippen molar-refractivity contribution in [2.24, 2.45) is 0 Å². The lowest BCUT2D eigenvalue weighted by Gasteiger charge is -2.32. The van der Waals surface area contributed by atoms with Gasteiger partial charge in [0.2, 0.25) is 0 Å². The number of likely N-dealkylation sites (tertiary alicyclic amines) is 1. The predicted molar refractivity (Wildman–Crippen MR) is 78.3 cm³/mol. The van der Waals surface area contributed by atoms with Crippen LogP contribution in [0.3, 0.4) is 0 Å². The predicted octanol–water partition coefficient (Wildman–Crippen LogP) is 2.51. The van der Waals surface area contributed by atoms with Gasteiger partial charge in [-0.15, -0.1) is 0 Å². The first-order valence-electron chi connectivity index (χ1n) is 7.28. The van der Waals surface area contributed by atoms with Crippen LogP contribution in [0.15, 0.2) is 18.3 Å². The lowest BCUT2D eigenvalue weighted by molar-refractivity contribution is -0.00251. The van der Waals surface area contributed by atoms with Gasteiger partial charge in [0.05, 0.1) is 11.8 Å². The molecule has 1 N–H and O–H groups in total. The number of aromatic nitrogens is 1. The van der Waals surface area contributed by atoms with Gasteiger partial charge in [0, 0.05) is 38.6 Å². The Labute approximate surface area is 116 Å². The summed E-state index contributed by atoms with van der Waals surface area (Å²) in [6.45, 7) is 6.14. The highest BCUT2D eigenvalue weighted by molar-refractivity contribution is 5.42. The van der Waals surface area contributed by atoms with Crippen molar-refractivity contribution in [1.29, 1.82) is 0 Å². The molecule has 4 heteroatoms. The zero-order chi connectivity index (χ0) is 13.5. The lowest BCUT2D eigenvalue weighted by Crippen LogP contribution is -2.39. The highest BCUT2D eigenvalue weighted by Gasteiger charge is 2.20. The van der Waals surface area contributed by atoms with Crippen LogP contribution in [0.4, 0.5) is 5.69 Å². The minimum Gasteiger partial charge on any atom is -0.388 e. The van der Waals surface area contributed by atoms with E-state index in [1.165, 1.54) is 12.8 Å². The van der Waals surface area contributed by atoms with Crippen molar-refractivity contribution >= 4 is 5.69 Å². The summed E-state index contributed by atoms with van der Waals surface area (Å²) in [5.41, 5.74) is 2.25. The summed E-state index contributed by atoms with van der Waals surface area (Å²) >= 11 is 0. The SMILES string of the molecule is CCCOC1CCCN(Cc2cc(NC)ccn2)C1. The van der Waals surface area contributed by atoms with E-state index in [1.807, 2.05) is 19.3 Å². The van der Waals surface area contributed by atoms with Crippen LogP contribution >= 0.6 is 0 Å². The number of hydrogen-bond donors (Lipinski definition) is 1. The number of pyridine rings is 1. The maximum atomic E-state index is 5.87. The highest BCUT2D eigenvalue weighted by atomic mass is 16.5. The van der Waals surface area contributed by atoms with Crippen molar-refractivity contribution in [2.45, 2.75) is 38.8 Å². The van der Waals surface area contributed by atoms with E-state index in [1.54, 1.807) is 0 Å². The Kier molecular flexibility index (Phi) is 5.61. The number of ether oxygens (including phenoxy) is 1. The summed E-state index contributed by atoms with van der Waals surface area (Å²) in [5.74, 6) is 0. The molecular weight excluding hydrogens is 238 g/mol. The summed E-state index contributed by atoms with van der Waals surface area (Å²) in [6, 6.07) is 4.11. The van der Waals surface area contributed by atoms with Crippen molar-refractivity contribution in [3.8, 4) is 0 Å². The first-order valence-corrected chi connectivity index (χ1v) is 7.28. The second-order valence-corrected chi connectivity index (χ2v) is 5.16. The van der Waals surface area contributed by atoms with Gasteiger partial charge >= 0.3 is 0 Å². The van der Waals surface area contributed by atoms with Crippen LogP contribution in [0.2, 0.25) is 0 Å². The molecular formula is C15H25N3O. The van der Waals surface area contributed by atoms with Gasteiger partial charge in [0.15, 0.2) is 0 Å². The molecule has 1 aliphatic rings. The van der Waals surface area contributed by atoms with E-state index in [-0.39, 0.29) is 0 Å². The van der Waals surface area contributed by atoms with Gasteiger partial charge in [-0.25, -0.2) is 0 Å². The zero-order valence-corrected chi connectivity index (χ0v) is 12.1. The van der Waals surface area contributed by atoms with Crippen molar-refractivity contribution in [3.63, 3.8) is 0 Å². The van der Waals surface area contributed by atoms with Gasteiger partial charge in [-0.3, -0.25) is 9.88 Å². The summed E-state index contributed by atoms with van der Waals surface area (Å²) in [4.78, 5) is 6.90. The molecule has 1 aromatic heterocycles. The molecule has 1 fully saturated rings. The Bertz CT molecular complexity index is 383. The highest BCUT2D eigenvalue weighted by Crippen LogP contribution is 2.16. The fraction of sp³-hybridized carbons (Fsp3) is 0.667. The van der Waals surface area contributed by atoms with Crippen LogP contribution in [-0.2, 0) is 11.3 Å². The third-order valence-corrected chi connectivity index (χ3v) is 3.51. The molecule has 2 rings (SSSR count). The van der Waals surface area contributed by atoms with Crippen LogP contribution in [0, 0.1) is 0 Å². The fourth-order valence-corrected chi connectivity index (χ4v) is 2.53. The zero-order valence-electron chi connectivity index (χ0n) is 12.1. The third-order valence-electron chi connectivity index (χ3n) is 3.51. The average molecular weight is 263 g/mol. The van der Waals surface area contributed by atoms with E-state index in [2.05, 4.69) is 28.2 Å². The summed E-state index contributed by atoms with van der Waals surface area (Å²) < 4.78 is 5.87. The smallest absolute Gasteiger partial charge is 0.0702 e. The quantitative estimate of drug-likeness (QED) is 0.856. The van der Waals surface area contributed by atoms with Crippen molar-refractivity contribution in [3.05, 3.63) is 24.0 Å². The van der Waals surface area contributed by atoms with Crippen molar-refractivity contribution < 1.29 is 4.74 Å². The van der Waals surface area contributed by atoms with E-state index in [9.17, 15) is 0 Å². The van der Waals surface area contributed by atoms with Crippen LogP contribution in [0.25, 0.3) is 0 Å². The lowest BCUT2D eigenvalue weighted by atomic mass is 10.1. The molecule has 1 unspecified atom stereocenters. The molecule has 1 aliphatic heterocycles. The van der Waals surface area contributed by atoms with Gasteiger partial charge in [-0.05, 0) is 37.9 Å². The van der Waals surface area contributed by atoms with Gasteiger partial charge in [-0.2, -0.15) is 0 Å². The number of nitrogens with one attached hydrogen (secondary N) is 1. The van der Waals surface area contributed by atoms with E-state index in [0.717, 1.165) is 44.0 Å². The molecule has 0 aromatic carbocycles. The van der Waals surface area contributed by atoms with Crippen molar-refractivity contribution in [1.82, 2.24) is 9.88 Å². The largest absolute Gasteiger partial charge is 0.388 e. The maximum Gasteiger partial charge on any atom is 0.0702 e. The molecule has 0 amide bonds. The minimum atomic E-state index is 0.404. The topological polar surface area (TPSA) is 37.4 Å². The van der Waals surface area contributed by atoms with Gasteiger partial charge < -0.3 is 10.1 Å². The summed E-state index contributed by atoms with van der Waals surface area (Å²) in [7, 11) is 1.94. The molecule has 1 atom stereocenters. The van der Waals surface area contributed by atoms with E-state index in [0.29, 0.717) is 6.10 Å². The molecule has 0 bridgehead atoms. The molecule has 0 aliphatic carbocycles. The van der Waals surface area contributed by atoms with Crippen LogP contribution in [0.1, 0.15) is 31.9 Å². The van der Waals surface area contributed by atoms with Gasteiger partial charge in [0.25, 0.3) is 0 Å². The van der Waals surface area contributed by atoms with E-state index in [4.69, 9.17) is 4.74 Å². The Balaban J connectivity index is 1.87. The molecule has 2 heterocycles. The summed E-state index contributed by atoms with van der Waals surface area (Å²) in [5, 5.41) is 3.16. The minimum absolute atomic E-state index is 0.404. The number of piperidine rings is 1. The number of nitrogens with zero attached hydrogens (tertiary/aromatic N) is 2. The Morgan fingerprint density at radius 1 is 1.53 bits per heavy atom. The number of anilines is 1. The standard InChI is InChI=1S/C15H25N3O/c1-3-9-19-15-5-4-8-18(12-15)11-14-10-13(16-2)6-7-17-14/h6-7,10,15H,3-5,8-9,11-12H2,1-2H3,(H,16,17). The number of hydrogen-bond acceptors (Lipinski definition) is 4. The Hall–Kier alpha value is -1.13. The van der Waals surface area contributed by atoms with Crippen LogP contribution in [0.5, 0.6) is 0 Å².